The Balaban J connectivity index is 1.94. The smallest absolute Gasteiger partial charge is 0.200 e. The second-order valence-corrected chi connectivity index (χ2v) is 6.32. The summed E-state index contributed by atoms with van der Waals surface area (Å²) in [6, 6.07) is 7.29. The second-order valence-electron chi connectivity index (χ2n) is 6.32. The van der Waals surface area contributed by atoms with Crippen LogP contribution >= 0.6 is 0 Å². The summed E-state index contributed by atoms with van der Waals surface area (Å²) >= 11 is 0. The molecular weight excluding hydrogens is 325 g/mol. The van der Waals surface area contributed by atoms with Crippen LogP contribution in [-0.4, -0.2) is 18.0 Å². The van der Waals surface area contributed by atoms with E-state index >= 15 is 0 Å². The molecule has 2 aliphatic heterocycles. The van der Waals surface area contributed by atoms with Gasteiger partial charge in [0.15, 0.2) is 23.3 Å². The highest BCUT2D eigenvalue weighted by Crippen LogP contribution is 2.45. The molecule has 24 heavy (non-hydrogen) atoms. The summed E-state index contributed by atoms with van der Waals surface area (Å²) < 4.78 is 69.2. The summed E-state index contributed by atoms with van der Waals surface area (Å²) in [4.78, 5) is 2.06. The predicted octanol–water partition coefficient (Wildman–Crippen LogP) is 4.66. The van der Waals surface area contributed by atoms with Gasteiger partial charge < -0.3 is 0 Å². The lowest BCUT2D eigenvalue weighted by Crippen LogP contribution is -2.35. The highest BCUT2D eigenvalue weighted by atomic mass is 19.2. The molecule has 0 spiro atoms. The van der Waals surface area contributed by atoms with Crippen molar-refractivity contribution in [1.82, 2.24) is 4.90 Å². The Morgan fingerprint density at radius 3 is 2.04 bits per heavy atom. The van der Waals surface area contributed by atoms with Gasteiger partial charge in [0.2, 0.25) is 5.82 Å². The molecule has 126 valence electrons. The average molecular weight is 339 g/mol. The molecule has 2 heterocycles. The number of nitrogens with zero attached hydrogens (tertiary/aromatic N) is 1. The van der Waals surface area contributed by atoms with E-state index in [1.165, 1.54) is 0 Å². The zero-order valence-electron chi connectivity index (χ0n) is 12.6. The van der Waals surface area contributed by atoms with Crippen molar-refractivity contribution < 1.29 is 22.0 Å². The Morgan fingerprint density at radius 2 is 1.38 bits per heavy atom. The van der Waals surface area contributed by atoms with E-state index in [-0.39, 0.29) is 12.6 Å². The molecule has 2 aromatic carbocycles. The van der Waals surface area contributed by atoms with Gasteiger partial charge in [0.05, 0.1) is 0 Å². The molecule has 0 amide bonds. The first-order valence-electron chi connectivity index (χ1n) is 7.85. The maximum Gasteiger partial charge on any atom is 0.200 e. The minimum atomic E-state index is -2.11. The lowest BCUT2D eigenvalue weighted by atomic mass is 9.81. The fraction of sp³-hybridized carbons (Fsp3) is 0.333. The normalized spacial score (nSPS) is 23.2. The van der Waals surface area contributed by atoms with Gasteiger partial charge in [-0.3, -0.25) is 4.90 Å². The Bertz CT molecular complexity index is 790. The molecule has 0 aliphatic carbocycles. The van der Waals surface area contributed by atoms with E-state index in [0.717, 1.165) is 24.9 Å². The molecule has 0 unspecified atom stereocenters. The van der Waals surface area contributed by atoms with Gasteiger partial charge in [0, 0.05) is 24.1 Å². The van der Waals surface area contributed by atoms with Crippen LogP contribution in [0.25, 0.3) is 0 Å². The molecule has 4 rings (SSSR count). The topological polar surface area (TPSA) is 3.24 Å². The van der Waals surface area contributed by atoms with Gasteiger partial charge in [-0.1, -0.05) is 24.3 Å². The van der Waals surface area contributed by atoms with Crippen LogP contribution < -0.4 is 0 Å². The number of hydrogen-bond donors (Lipinski definition) is 0. The van der Waals surface area contributed by atoms with Crippen molar-refractivity contribution in [3.05, 3.63) is 70.0 Å². The number of hydrogen-bond acceptors (Lipinski definition) is 1. The third-order valence-electron chi connectivity index (χ3n) is 5.10. The van der Waals surface area contributed by atoms with E-state index in [9.17, 15) is 22.0 Å². The van der Waals surface area contributed by atoms with Crippen molar-refractivity contribution in [3.63, 3.8) is 0 Å². The zero-order valence-corrected chi connectivity index (χ0v) is 12.6. The van der Waals surface area contributed by atoms with Gasteiger partial charge in [-0.05, 0) is 30.5 Å². The van der Waals surface area contributed by atoms with E-state index in [2.05, 4.69) is 4.90 Å². The highest BCUT2D eigenvalue weighted by Gasteiger charge is 2.40. The Kier molecular flexibility index (Phi) is 3.60. The van der Waals surface area contributed by atoms with Crippen LogP contribution in [0.4, 0.5) is 22.0 Å². The minimum Gasteiger partial charge on any atom is -0.295 e. The van der Waals surface area contributed by atoms with Gasteiger partial charge >= 0.3 is 0 Å². The van der Waals surface area contributed by atoms with E-state index in [1.807, 2.05) is 12.1 Å². The Hall–Kier alpha value is -1.95. The van der Waals surface area contributed by atoms with Crippen LogP contribution in [0.2, 0.25) is 0 Å². The van der Waals surface area contributed by atoms with Gasteiger partial charge in [0.1, 0.15) is 0 Å². The number of rotatable bonds is 1. The third-order valence-corrected chi connectivity index (χ3v) is 5.10. The first-order chi connectivity index (χ1) is 11.5. The fourth-order valence-electron chi connectivity index (χ4n) is 4.04. The molecule has 1 saturated heterocycles. The van der Waals surface area contributed by atoms with Crippen molar-refractivity contribution >= 4 is 0 Å². The van der Waals surface area contributed by atoms with Crippen molar-refractivity contribution in [1.29, 1.82) is 0 Å². The fourth-order valence-corrected chi connectivity index (χ4v) is 4.04. The van der Waals surface area contributed by atoms with Crippen molar-refractivity contribution in [3.8, 4) is 0 Å². The molecule has 2 aromatic rings. The van der Waals surface area contributed by atoms with Gasteiger partial charge in [-0.2, -0.15) is 0 Å². The zero-order chi connectivity index (χ0) is 17.0. The SMILES string of the molecule is Fc1c(F)c(F)c([C@@H]2CN3CCC[C@@H]3c3ccccc32)c(F)c1F. The lowest BCUT2D eigenvalue weighted by Gasteiger charge is -2.37. The molecule has 2 atom stereocenters. The van der Waals surface area contributed by atoms with E-state index in [4.69, 9.17) is 0 Å². The quantitative estimate of drug-likeness (QED) is 0.415. The predicted molar refractivity (Wildman–Crippen MR) is 78.1 cm³/mol. The van der Waals surface area contributed by atoms with Gasteiger partial charge in [0.25, 0.3) is 0 Å². The third kappa shape index (κ3) is 2.09. The van der Waals surface area contributed by atoms with E-state index in [1.54, 1.807) is 12.1 Å². The Morgan fingerprint density at radius 1 is 0.792 bits per heavy atom. The van der Waals surface area contributed by atoms with E-state index in [0.29, 0.717) is 5.56 Å². The van der Waals surface area contributed by atoms with Crippen molar-refractivity contribution in [2.45, 2.75) is 24.8 Å². The van der Waals surface area contributed by atoms with Crippen LogP contribution in [0, 0.1) is 29.1 Å². The standard InChI is InChI=1S/C18H14F5N/c19-14-13(15(20)17(22)18(23)16(14)21)11-8-24-7-3-6-12(24)10-5-2-1-4-9(10)11/h1-2,4-5,11-12H,3,6-8H2/t11-,12-/m1/s1. The number of benzene rings is 2. The highest BCUT2D eigenvalue weighted by molar-refractivity contribution is 5.44. The molecule has 0 bridgehead atoms. The molecule has 1 nitrogen and oxygen atoms in total. The van der Waals surface area contributed by atoms with Crippen molar-refractivity contribution in [2.24, 2.45) is 0 Å². The molecule has 6 heteroatoms. The first kappa shape index (κ1) is 15.6. The average Bonchev–Trinajstić information content (AvgIpc) is 3.07. The first-order valence-corrected chi connectivity index (χ1v) is 7.85. The number of fused-ring (bicyclic) bond motifs is 3. The molecule has 1 fully saturated rings. The molecular formula is C18H14F5N. The summed E-state index contributed by atoms with van der Waals surface area (Å²) in [6.07, 6.45) is 1.88. The summed E-state index contributed by atoms with van der Waals surface area (Å²) in [6.45, 7) is 1.00. The molecule has 0 aromatic heterocycles. The summed E-state index contributed by atoms with van der Waals surface area (Å²) in [5, 5.41) is 0. The largest absolute Gasteiger partial charge is 0.295 e. The lowest BCUT2D eigenvalue weighted by molar-refractivity contribution is 0.225. The van der Waals surface area contributed by atoms with Crippen molar-refractivity contribution in [2.75, 3.05) is 13.1 Å². The van der Waals surface area contributed by atoms with Gasteiger partial charge in [-0.25, -0.2) is 22.0 Å². The van der Waals surface area contributed by atoms with Gasteiger partial charge in [-0.15, -0.1) is 0 Å². The van der Waals surface area contributed by atoms with Crippen LogP contribution in [0.15, 0.2) is 24.3 Å². The number of halogens is 5. The molecule has 0 saturated carbocycles. The summed E-state index contributed by atoms with van der Waals surface area (Å²) in [5.74, 6) is -10.2. The monoisotopic (exact) mass is 339 g/mol. The summed E-state index contributed by atoms with van der Waals surface area (Å²) in [7, 11) is 0. The molecule has 2 aliphatic rings. The molecule has 0 radical (unpaired) electrons. The van der Waals surface area contributed by atoms with Crippen LogP contribution in [0.5, 0.6) is 0 Å². The molecule has 0 N–H and O–H groups in total. The van der Waals surface area contributed by atoms with Crippen LogP contribution in [0.1, 0.15) is 41.5 Å². The minimum absolute atomic E-state index is 0.152. The van der Waals surface area contributed by atoms with E-state index < -0.39 is 40.6 Å². The van der Waals surface area contributed by atoms with Crippen LogP contribution in [-0.2, 0) is 0 Å². The maximum atomic E-state index is 14.3. The summed E-state index contributed by atoms with van der Waals surface area (Å²) in [5.41, 5.74) is 0.822. The van der Waals surface area contributed by atoms with Crippen LogP contribution in [0.3, 0.4) is 0 Å². The second kappa shape index (κ2) is 5.55. The Labute approximate surface area is 135 Å². The maximum absolute atomic E-state index is 14.3.